The topological polar surface area (TPSA) is 46.7 Å². The number of thioether (sulfide) groups is 1. The third-order valence-corrected chi connectivity index (χ3v) is 3.92. The molecule has 1 aliphatic carbocycles. The van der Waals surface area contributed by atoms with Gasteiger partial charge >= 0.3 is 0 Å². The van der Waals surface area contributed by atoms with Gasteiger partial charge in [0.15, 0.2) is 5.12 Å². The van der Waals surface area contributed by atoms with E-state index in [1.165, 1.54) is 0 Å². The van der Waals surface area contributed by atoms with Crippen molar-refractivity contribution in [2.75, 3.05) is 0 Å². The van der Waals surface area contributed by atoms with Crippen molar-refractivity contribution in [3.8, 4) is 0 Å². The van der Waals surface area contributed by atoms with Crippen LogP contribution in [-0.2, 0) is 14.3 Å². The van der Waals surface area contributed by atoms with Gasteiger partial charge in [0.2, 0.25) is 5.12 Å². The molecule has 0 N–H and O–H groups in total. The molecule has 0 bridgehead atoms. The first-order valence-corrected chi connectivity index (χ1v) is 5.00. The van der Waals surface area contributed by atoms with Crippen LogP contribution in [0.4, 0.5) is 0 Å². The van der Waals surface area contributed by atoms with Crippen molar-refractivity contribution in [1.29, 1.82) is 0 Å². The van der Waals surface area contributed by atoms with Crippen LogP contribution in [0, 0.1) is 11.8 Å². The molecule has 4 atom stereocenters. The van der Waals surface area contributed by atoms with Crippen molar-refractivity contribution in [3.05, 3.63) is 0 Å². The van der Waals surface area contributed by atoms with Crippen LogP contribution in [0.1, 0.15) is 12.8 Å². The minimum Gasteiger partial charge on any atom is -0.369 e. The van der Waals surface area contributed by atoms with Gasteiger partial charge in [-0.3, -0.25) is 9.59 Å². The van der Waals surface area contributed by atoms with Crippen molar-refractivity contribution in [2.45, 2.75) is 25.0 Å². The Morgan fingerprint density at radius 1 is 1.25 bits per heavy atom. The standard InChI is InChI=1S/C8H8O3S/c9-7-3-1-2-4-6(11-4)5(3)8(10)12-7/h3-6H,1-2H2. The number of carbonyl (C=O) groups excluding carboxylic acids is 2. The molecule has 0 radical (unpaired) electrons. The fourth-order valence-electron chi connectivity index (χ4n) is 2.26. The van der Waals surface area contributed by atoms with Crippen molar-refractivity contribution in [2.24, 2.45) is 11.8 Å². The second-order valence-electron chi connectivity index (χ2n) is 3.59. The van der Waals surface area contributed by atoms with Crippen LogP contribution in [0.25, 0.3) is 0 Å². The van der Waals surface area contributed by atoms with Gasteiger partial charge in [-0.2, -0.15) is 0 Å². The monoisotopic (exact) mass is 184 g/mol. The molecule has 2 heterocycles. The molecule has 0 aromatic rings. The van der Waals surface area contributed by atoms with Gasteiger partial charge in [0.05, 0.1) is 18.1 Å². The van der Waals surface area contributed by atoms with E-state index in [-0.39, 0.29) is 28.2 Å². The van der Waals surface area contributed by atoms with E-state index < -0.39 is 0 Å². The Morgan fingerprint density at radius 3 is 2.92 bits per heavy atom. The van der Waals surface area contributed by atoms with Gasteiger partial charge in [-0.15, -0.1) is 0 Å². The molecule has 0 aromatic carbocycles. The summed E-state index contributed by atoms with van der Waals surface area (Å²) in [6.45, 7) is 0. The Kier molecular flexibility index (Phi) is 1.25. The van der Waals surface area contributed by atoms with E-state index in [2.05, 4.69) is 0 Å². The second-order valence-corrected chi connectivity index (χ2v) is 4.60. The quantitative estimate of drug-likeness (QED) is 0.517. The third kappa shape index (κ3) is 0.769. The number of fused-ring (bicyclic) bond motifs is 3. The smallest absolute Gasteiger partial charge is 0.202 e. The van der Waals surface area contributed by atoms with Gasteiger partial charge in [0.25, 0.3) is 0 Å². The molecule has 0 spiro atoms. The molecule has 4 unspecified atom stereocenters. The fraction of sp³-hybridized carbons (Fsp3) is 0.750. The first-order valence-electron chi connectivity index (χ1n) is 4.18. The number of hydrogen-bond acceptors (Lipinski definition) is 4. The minimum atomic E-state index is -0.0961. The highest BCUT2D eigenvalue weighted by molar-refractivity contribution is 8.26. The van der Waals surface area contributed by atoms with Crippen LogP contribution < -0.4 is 0 Å². The summed E-state index contributed by atoms with van der Waals surface area (Å²) < 4.78 is 5.32. The lowest BCUT2D eigenvalue weighted by molar-refractivity contribution is -0.120. The maximum Gasteiger partial charge on any atom is 0.202 e. The summed E-state index contributed by atoms with van der Waals surface area (Å²) >= 11 is 0.898. The molecule has 3 aliphatic rings. The predicted molar refractivity (Wildman–Crippen MR) is 42.5 cm³/mol. The third-order valence-electron chi connectivity index (χ3n) is 2.95. The summed E-state index contributed by atoms with van der Waals surface area (Å²) in [6.07, 6.45) is 2.20. The SMILES string of the molecule is O=C1SC(=O)C2C1CCC1OC12. The summed E-state index contributed by atoms with van der Waals surface area (Å²) in [5.74, 6) is -0.118. The van der Waals surface area contributed by atoms with Crippen molar-refractivity contribution in [3.63, 3.8) is 0 Å². The van der Waals surface area contributed by atoms with E-state index in [9.17, 15) is 9.59 Å². The van der Waals surface area contributed by atoms with Crippen molar-refractivity contribution >= 4 is 22.0 Å². The lowest BCUT2D eigenvalue weighted by Crippen LogP contribution is -2.28. The highest BCUT2D eigenvalue weighted by Crippen LogP contribution is 2.50. The molecule has 0 aromatic heterocycles. The van der Waals surface area contributed by atoms with E-state index in [0.717, 1.165) is 24.6 Å². The molecule has 3 nitrogen and oxygen atoms in total. The Bertz CT molecular complexity index is 275. The van der Waals surface area contributed by atoms with Crippen LogP contribution in [-0.4, -0.2) is 22.4 Å². The highest BCUT2D eigenvalue weighted by atomic mass is 32.2. The number of rotatable bonds is 0. The number of ether oxygens (including phenoxy) is 1. The number of hydrogen-bond donors (Lipinski definition) is 0. The molecular formula is C8H8O3S. The molecule has 4 heteroatoms. The Hall–Kier alpha value is -0.350. The molecule has 3 rings (SSSR count). The van der Waals surface area contributed by atoms with Crippen LogP contribution in [0.3, 0.4) is 0 Å². The van der Waals surface area contributed by atoms with E-state index in [4.69, 9.17) is 4.74 Å². The van der Waals surface area contributed by atoms with Gasteiger partial charge in [-0.25, -0.2) is 0 Å². The van der Waals surface area contributed by atoms with Gasteiger partial charge in [0, 0.05) is 5.92 Å². The molecular weight excluding hydrogens is 176 g/mol. The summed E-state index contributed by atoms with van der Waals surface area (Å²) in [5.41, 5.74) is 0. The highest BCUT2D eigenvalue weighted by Gasteiger charge is 2.59. The Balaban J connectivity index is 1.95. The van der Waals surface area contributed by atoms with Crippen LogP contribution >= 0.6 is 11.8 Å². The first-order chi connectivity index (χ1) is 5.77. The summed E-state index contributed by atoms with van der Waals surface area (Å²) in [4.78, 5) is 22.6. The van der Waals surface area contributed by atoms with Gasteiger partial charge in [0.1, 0.15) is 0 Å². The largest absolute Gasteiger partial charge is 0.369 e. The summed E-state index contributed by atoms with van der Waals surface area (Å²) in [7, 11) is 0. The average Bonchev–Trinajstić information content (AvgIpc) is 2.74. The predicted octanol–water partition coefficient (Wildman–Crippen LogP) is 0.580. The van der Waals surface area contributed by atoms with E-state index in [1.807, 2.05) is 0 Å². The zero-order valence-corrected chi connectivity index (χ0v) is 7.17. The maximum atomic E-state index is 11.3. The van der Waals surface area contributed by atoms with Crippen LogP contribution in [0.2, 0.25) is 0 Å². The molecule has 3 fully saturated rings. The molecule has 12 heavy (non-hydrogen) atoms. The molecule has 0 amide bonds. The molecule has 64 valence electrons. The van der Waals surface area contributed by atoms with E-state index in [0.29, 0.717) is 6.10 Å². The minimum absolute atomic E-state index is 0.0220. The average molecular weight is 184 g/mol. The van der Waals surface area contributed by atoms with Crippen molar-refractivity contribution in [1.82, 2.24) is 0 Å². The van der Waals surface area contributed by atoms with Gasteiger partial charge in [-0.05, 0) is 24.6 Å². The van der Waals surface area contributed by atoms with Gasteiger partial charge < -0.3 is 4.74 Å². The van der Waals surface area contributed by atoms with Crippen LogP contribution in [0.15, 0.2) is 0 Å². The number of carbonyl (C=O) groups is 2. The van der Waals surface area contributed by atoms with Crippen LogP contribution in [0.5, 0.6) is 0 Å². The lowest BCUT2D eigenvalue weighted by Gasteiger charge is -2.16. The first kappa shape index (κ1) is 7.09. The molecule has 2 saturated heterocycles. The van der Waals surface area contributed by atoms with E-state index >= 15 is 0 Å². The Morgan fingerprint density at radius 2 is 2.08 bits per heavy atom. The zero-order valence-electron chi connectivity index (χ0n) is 6.36. The molecule has 1 saturated carbocycles. The zero-order chi connectivity index (χ0) is 8.29. The second kappa shape index (κ2) is 2.12. The van der Waals surface area contributed by atoms with Gasteiger partial charge in [-0.1, -0.05) is 0 Å². The summed E-state index contributed by atoms with van der Waals surface area (Å²) in [6, 6.07) is 0. The maximum absolute atomic E-state index is 11.3. The summed E-state index contributed by atoms with van der Waals surface area (Å²) in [5, 5.41) is 0.108. The van der Waals surface area contributed by atoms with E-state index in [1.54, 1.807) is 0 Å². The Labute approximate surface area is 73.8 Å². The number of epoxide rings is 1. The normalized spacial score (nSPS) is 50.3. The van der Waals surface area contributed by atoms with Crippen molar-refractivity contribution < 1.29 is 14.3 Å². The fourth-order valence-corrected chi connectivity index (χ4v) is 3.31. The molecule has 2 aliphatic heterocycles. The lowest BCUT2D eigenvalue weighted by atomic mass is 9.81.